The van der Waals surface area contributed by atoms with E-state index in [9.17, 15) is 14.4 Å². The quantitative estimate of drug-likeness (QED) is 0.676. The lowest BCUT2D eigenvalue weighted by Gasteiger charge is -2.35. The highest BCUT2D eigenvalue weighted by Gasteiger charge is 2.31. The summed E-state index contributed by atoms with van der Waals surface area (Å²) in [4.78, 5) is 50.3. The summed E-state index contributed by atoms with van der Waals surface area (Å²) in [6.07, 6.45) is 5.26. The summed E-state index contributed by atoms with van der Waals surface area (Å²) in [6, 6.07) is 4.65. The molecule has 0 fully saturated rings. The molecule has 36 heavy (non-hydrogen) atoms. The number of aromatic nitrogens is 2. The molecule has 1 aliphatic rings. The Morgan fingerprint density at radius 1 is 1.22 bits per heavy atom. The van der Waals surface area contributed by atoms with Gasteiger partial charge in [0.05, 0.1) is 23.9 Å². The van der Waals surface area contributed by atoms with E-state index in [1.165, 1.54) is 18.6 Å². The number of carbonyl (C=O) groups excluding carboxylic acids is 3. The highest BCUT2D eigenvalue weighted by atomic mass is 16.5. The third-order valence-corrected chi connectivity index (χ3v) is 6.25. The van der Waals surface area contributed by atoms with Gasteiger partial charge in [-0.2, -0.15) is 0 Å². The van der Waals surface area contributed by atoms with Crippen LogP contribution in [-0.4, -0.2) is 83.5 Å². The molecule has 1 aromatic heterocycles. The van der Waals surface area contributed by atoms with Gasteiger partial charge < -0.3 is 24.6 Å². The van der Waals surface area contributed by atoms with E-state index < -0.39 is 0 Å². The molecule has 2 aromatic rings. The van der Waals surface area contributed by atoms with Crippen molar-refractivity contribution >= 4 is 23.4 Å². The first-order valence-electron chi connectivity index (χ1n) is 12.2. The summed E-state index contributed by atoms with van der Waals surface area (Å²) < 4.78 is 11.8. The van der Waals surface area contributed by atoms with Crippen molar-refractivity contribution in [3.8, 4) is 5.75 Å². The van der Waals surface area contributed by atoms with Crippen molar-refractivity contribution in [1.29, 1.82) is 0 Å². The van der Waals surface area contributed by atoms with Crippen LogP contribution in [0.5, 0.6) is 5.75 Å². The number of amides is 3. The van der Waals surface area contributed by atoms with Crippen LogP contribution >= 0.6 is 0 Å². The van der Waals surface area contributed by atoms with Crippen LogP contribution in [0.2, 0.25) is 0 Å². The first-order valence-corrected chi connectivity index (χ1v) is 12.2. The van der Waals surface area contributed by atoms with E-state index in [2.05, 4.69) is 15.3 Å². The highest BCUT2D eigenvalue weighted by Crippen LogP contribution is 2.27. The molecule has 2 heterocycles. The fraction of sp³-hybridized carbons (Fsp3) is 0.500. The van der Waals surface area contributed by atoms with Gasteiger partial charge in [0.2, 0.25) is 5.91 Å². The number of likely N-dealkylation sites (N-methyl/N-ethyl adjacent to an activating group) is 1. The van der Waals surface area contributed by atoms with Gasteiger partial charge in [0.15, 0.2) is 0 Å². The van der Waals surface area contributed by atoms with Crippen molar-refractivity contribution in [1.82, 2.24) is 19.8 Å². The molecule has 3 atom stereocenters. The van der Waals surface area contributed by atoms with Gasteiger partial charge in [-0.15, -0.1) is 0 Å². The van der Waals surface area contributed by atoms with E-state index in [0.29, 0.717) is 36.5 Å². The summed E-state index contributed by atoms with van der Waals surface area (Å²) in [5.41, 5.74) is 1.15. The largest absolute Gasteiger partial charge is 0.491 e. The van der Waals surface area contributed by atoms with Crippen LogP contribution in [0.1, 0.15) is 54.5 Å². The van der Waals surface area contributed by atoms with E-state index in [4.69, 9.17) is 9.47 Å². The molecule has 10 nitrogen and oxygen atoms in total. The summed E-state index contributed by atoms with van der Waals surface area (Å²) >= 11 is 0. The maximum Gasteiger partial charge on any atom is 0.274 e. The number of nitrogens with zero attached hydrogens (tertiary/aromatic N) is 4. The molecule has 0 unspecified atom stereocenters. The van der Waals surface area contributed by atoms with Crippen LogP contribution in [-0.2, 0) is 9.53 Å². The van der Waals surface area contributed by atoms with Crippen LogP contribution in [0.4, 0.5) is 5.69 Å². The Labute approximate surface area is 212 Å². The van der Waals surface area contributed by atoms with E-state index in [1.54, 1.807) is 42.2 Å². The lowest BCUT2D eigenvalue weighted by Crippen LogP contribution is -2.48. The first kappa shape index (κ1) is 27.1. The number of rotatable bonds is 5. The second-order valence-electron chi connectivity index (χ2n) is 9.15. The van der Waals surface area contributed by atoms with Gasteiger partial charge in [-0.25, -0.2) is 4.98 Å². The maximum absolute atomic E-state index is 13.4. The van der Waals surface area contributed by atoms with Crippen molar-refractivity contribution in [2.75, 3.05) is 39.2 Å². The molecule has 1 aromatic carbocycles. The number of nitrogens with one attached hydrogen (secondary N) is 1. The lowest BCUT2D eigenvalue weighted by molar-refractivity contribution is -0.116. The van der Waals surface area contributed by atoms with Crippen molar-refractivity contribution in [2.45, 2.75) is 45.8 Å². The molecule has 1 N–H and O–H groups in total. The predicted molar refractivity (Wildman–Crippen MR) is 135 cm³/mol. The number of methoxy groups -OCH3 is 1. The predicted octanol–water partition coefficient (Wildman–Crippen LogP) is 2.86. The molecular formula is C26H35N5O5. The van der Waals surface area contributed by atoms with Gasteiger partial charge >= 0.3 is 0 Å². The lowest BCUT2D eigenvalue weighted by atomic mass is 10.0. The summed E-state index contributed by atoms with van der Waals surface area (Å²) in [6.45, 7) is 6.63. The van der Waals surface area contributed by atoms with Crippen LogP contribution in [0.3, 0.4) is 0 Å². The van der Waals surface area contributed by atoms with Crippen LogP contribution in [0.25, 0.3) is 0 Å². The second kappa shape index (κ2) is 12.4. The average molecular weight is 498 g/mol. The number of hydrogen-bond acceptors (Lipinski definition) is 7. The highest BCUT2D eigenvalue weighted by molar-refractivity contribution is 5.98. The number of anilines is 1. The number of benzene rings is 1. The zero-order chi connectivity index (χ0) is 26.2. The SMILES string of the molecule is CCCC(=O)Nc1ccc2c(c1)OC[C@H](C)N(C(=O)c1cnccn1)C[C@H](C)[C@@H](OC)CN(C)C2=O. The molecule has 194 valence electrons. The zero-order valence-electron chi connectivity index (χ0n) is 21.6. The molecule has 0 saturated carbocycles. The van der Waals surface area contributed by atoms with E-state index in [1.807, 2.05) is 20.8 Å². The Balaban J connectivity index is 1.97. The molecule has 0 saturated heterocycles. The Morgan fingerprint density at radius 3 is 2.67 bits per heavy atom. The monoisotopic (exact) mass is 497 g/mol. The van der Waals surface area contributed by atoms with E-state index in [-0.39, 0.29) is 48.1 Å². The Hall–Kier alpha value is -3.53. The summed E-state index contributed by atoms with van der Waals surface area (Å²) in [5, 5.41) is 2.84. The van der Waals surface area contributed by atoms with Gasteiger partial charge in [-0.1, -0.05) is 13.8 Å². The molecule has 0 spiro atoms. The Morgan fingerprint density at radius 2 is 2.00 bits per heavy atom. The minimum atomic E-state index is -0.349. The average Bonchev–Trinajstić information content (AvgIpc) is 2.88. The Kier molecular flexibility index (Phi) is 9.35. The van der Waals surface area contributed by atoms with Crippen molar-refractivity contribution in [3.63, 3.8) is 0 Å². The number of hydrogen-bond donors (Lipinski definition) is 1. The molecule has 0 radical (unpaired) electrons. The first-order chi connectivity index (χ1) is 17.2. The molecule has 3 amide bonds. The minimum absolute atomic E-state index is 0.0802. The normalized spacial score (nSPS) is 21.0. The summed E-state index contributed by atoms with van der Waals surface area (Å²) in [7, 11) is 3.31. The molecule has 0 bridgehead atoms. The minimum Gasteiger partial charge on any atom is -0.491 e. The third kappa shape index (κ3) is 6.57. The topological polar surface area (TPSA) is 114 Å². The zero-order valence-corrected chi connectivity index (χ0v) is 21.6. The van der Waals surface area contributed by atoms with Crippen molar-refractivity contribution in [2.24, 2.45) is 5.92 Å². The molecule has 0 aliphatic carbocycles. The van der Waals surface area contributed by atoms with Gasteiger partial charge in [-0.3, -0.25) is 19.4 Å². The fourth-order valence-electron chi connectivity index (χ4n) is 4.14. The van der Waals surface area contributed by atoms with Crippen LogP contribution in [0, 0.1) is 5.92 Å². The van der Waals surface area contributed by atoms with Gasteiger partial charge in [-0.05, 0) is 25.5 Å². The standard InChI is InChI=1S/C26H35N5O5/c1-6-7-24(32)29-19-8-9-20-22(12-19)36-16-18(3)31(26(34)21-13-27-10-11-28-21)14-17(2)23(35-5)15-30(4)25(20)33/h8-13,17-18,23H,6-7,14-16H2,1-5H3,(H,29,32)/t17-,18-,23-/m0/s1. The number of ether oxygens (including phenoxy) is 2. The van der Waals surface area contributed by atoms with Gasteiger partial charge in [0.25, 0.3) is 11.8 Å². The van der Waals surface area contributed by atoms with E-state index in [0.717, 1.165) is 6.42 Å². The van der Waals surface area contributed by atoms with Crippen molar-refractivity contribution in [3.05, 3.63) is 48.0 Å². The van der Waals surface area contributed by atoms with Crippen LogP contribution < -0.4 is 10.1 Å². The Bertz CT molecular complexity index is 1060. The van der Waals surface area contributed by atoms with E-state index >= 15 is 0 Å². The van der Waals surface area contributed by atoms with Crippen LogP contribution in [0.15, 0.2) is 36.8 Å². The third-order valence-electron chi connectivity index (χ3n) is 6.25. The number of carbonyl (C=O) groups is 3. The van der Waals surface area contributed by atoms with Gasteiger partial charge in [0.1, 0.15) is 18.1 Å². The molecule has 1 aliphatic heterocycles. The van der Waals surface area contributed by atoms with Crippen molar-refractivity contribution < 1.29 is 23.9 Å². The second-order valence-corrected chi connectivity index (χ2v) is 9.15. The van der Waals surface area contributed by atoms with Gasteiger partial charge in [0, 0.05) is 63.7 Å². The maximum atomic E-state index is 13.4. The fourth-order valence-corrected chi connectivity index (χ4v) is 4.14. The number of fused-ring (bicyclic) bond motifs is 1. The smallest absolute Gasteiger partial charge is 0.274 e. The molecule has 3 rings (SSSR count). The molecular weight excluding hydrogens is 462 g/mol. The molecule has 10 heteroatoms. The summed E-state index contributed by atoms with van der Waals surface area (Å²) in [5.74, 6) is -0.333.